The standard InChI is InChI=1S/C16H18O8/c1-7-4-12(18)23-10-5-8(2-3-9(7)10)22-16-15(21)14(20)13(19)11(6-17)24-16/h2-5,11,13-17,19-21H,6H2,1H3/t11-,13+,14?,15-,16+/m1/s1. The molecule has 0 saturated carbocycles. The lowest BCUT2D eigenvalue weighted by Crippen LogP contribution is -2.60. The summed E-state index contributed by atoms with van der Waals surface area (Å²) < 4.78 is 15.9. The third-order valence-corrected chi connectivity index (χ3v) is 4.02. The van der Waals surface area contributed by atoms with Crippen molar-refractivity contribution in [2.45, 2.75) is 37.6 Å². The van der Waals surface area contributed by atoms with Crippen LogP contribution in [0.2, 0.25) is 0 Å². The summed E-state index contributed by atoms with van der Waals surface area (Å²) in [4.78, 5) is 11.5. The molecule has 1 saturated heterocycles. The van der Waals surface area contributed by atoms with E-state index < -0.39 is 42.9 Å². The van der Waals surface area contributed by atoms with Gasteiger partial charge in [-0.3, -0.25) is 0 Å². The maximum Gasteiger partial charge on any atom is 0.336 e. The van der Waals surface area contributed by atoms with Crippen LogP contribution in [0.25, 0.3) is 11.0 Å². The lowest BCUT2D eigenvalue weighted by Gasteiger charge is -2.39. The first-order valence-corrected chi connectivity index (χ1v) is 7.42. The van der Waals surface area contributed by atoms with Gasteiger partial charge >= 0.3 is 5.63 Å². The Morgan fingerprint density at radius 2 is 1.88 bits per heavy atom. The first kappa shape index (κ1) is 16.9. The first-order valence-electron chi connectivity index (χ1n) is 7.42. The van der Waals surface area contributed by atoms with Gasteiger partial charge < -0.3 is 34.3 Å². The van der Waals surface area contributed by atoms with Crippen molar-refractivity contribution in [2.75, 3.05) is 6.61 Å². The van der Waals surface area contributed by atoms with Crippen molar-refractivity contribution >= 4 is 11.0 Å². The normalized spacial score (nSPS) is 30.5. The molecule has 4 N–H and O–H groups in total. The second-order valence-electron chi connectivity index (χ2n) is 5.72. The molecule has 2 heterocycles. The number of ether oxygens (including phenoxy) is 2. The van der Waals surface area contributed by atoms with E-state index >= 15 is 0 Å². The number of benzene rings is 1. The molecular formula is C16H18O8. The van der Waals surface area contributed by atoms with Gasteiger partial charge in [-0.15, -0.1) is 0 Å². The molecule has 1 aromatic heterocycles. The van der Waals surface area contributed by atoms with Gasteiger partial charge in [-0.2, -0.15) is 0 Å². The van der Waals surface area contributed by atoms with Crippen LogP contribution in [0.15, 0.2) is 33.5 Å². The van der Waals surface area contributed by atoms with Crippen LogP contribution < -0.4 is 10.4 Å². The molecule has 1 aromatic carbocycles. The minimum absolute atomic E-state index is 0.237. The highest BCUT2D eigenvalue weighted by Gasteiger charge is 2.44. The molecular weight excluding hydrogens is 320 g/mol. The van der Waals surface area contributed by atoms with Gasteiger partial charge in [0.05, 0.1) is 6.61 Å². The van der Waals surface area contributed by atoms with Crippen molar-refractivity contribution in [1.82, 2.24) is 0 Å². The van der Waals surface area contributed by atoms with Crippen molar-refractivity contribution in [2.24, 2.45) is 0 Å². The summed E-state index contributed by atoms with van der Waals surface area (Å²) in [6, 6.07) is 6.12. The Morgan fingerprint density at radius 3 is 2.58 bits per heavy atom. The van der Waals surface area contributed by atoms with Crippen molar-refractivity contribution in [3.8, 4) is 5.75 Å². The maximum atomic E-state index is 11.5. The van der Waals surface area contributed by atoms with Gasteiger partial charge in [-0.05, 0) is 24.6 Å². The summed E-state index contributed by atoms with van der Waals surface area (Å²) in [7, 11) is 0. The Labute approximate surface area is 136 Å². The number of aliphatic hydroxyl groups is 4. The fraction of sp³-hybridized carbons (Fsp3) is 0.438. The fourth-order valence-corrected chi connectivity index (χ4v) is 2.68. The average Bonchev–Trinajstić information content (AvgIpc) is 2.55. The predicted octanol–water partition coefficient (Wildman–Crippen LogP) is -0.720. The van der Waals surface area contributed by atoms with E-state index in [1.807, 2.05) is 0 Å². The molecule has 0 amide bonds. The Kier molecular flexibility index (Phi) is 4.57. The van der Waals surface area contributed by atoms with E-state index in [1.54, 1.807) is 19.1 Å². The lowest BCUT2D eigenvalue weighted by atomic mass is 9.99. The van der Waals surface area contributed by atoms with E-state index in [-0.39, 0.29) is 5.75 Å². The molecule has 24 heavy (non-hydrogen) atoms. The highest BCUT2D eigenvalue weighted by Crippen LogP contribution is 2.27. The van der Waals surface area contributed by atoms with E-state index in [1.165, 1.54) is 12.1 Å². The van der Waals surface area contributed by atoms with Crippen LogP contribution in [0.5, 0.6) is 5.75 Å². The van der Waals surface area contributed by atoms with Gasteiger partial charge in [0, 0.05) is 17.5 Å². The summed E-state index contributed by atoms with van der Waals surface area (Å²) in [5, 5.41) is 39.4. The van der Waals surface area contributed by atoms with E-state index in [4.69, 9.17) is 19.0 Å². The maximum absolute atomic E-state index is 11.5. The topological polar surface area (TPSA) is 130 Å². The van der Waals surface area contributed by atoms with Gasteiger partial charge in [0.1, 0.15) is 35.7 Å². The first-order chi connectivity index (χ1) is 11.4. The second-order valence-corrected chi connectivity index (χ2v) is 5.72. The lowest BCUT2D eigenvalue weighted by molar-refractivity contribution is -0.277. The number of aliphatic hydroxyl groups excluding tert-OH is 4. The van der Waals surface area contributed by atoms with E-state index in [0.29, 0.717) is 5.58 Å². The largest absolute Gasteiger partial charge is 0.462 e. The number of hydrogen-bond acceptors (Lipinski definition) is 8. The van der Waals surface area contributed by atoms with Crippen molar-refractivity contribution < 1.29 is 34.3 Å². The number of hydrogen-bond donors (Lipinski definition) is 4. The zero-order valence-electron chi connectivity index (χ0n) is 12.8. The summed E-state index contributed by atoms with van der Waals surface area (Å²) >= 11 is 0. The van der Waals surface area contributed by atoms with Gasteiger partial charge in [0.25, 0.3) is 0 Å². The minimum atomic E-state index is -1.53. The Balaban J connectivity index is 1.87. The Hall–Kier alpha value is -1.97. The SMILES string of the molecule is Cc1cc(=O)oc2cc(O[C@H]3O[C@H](CO)[C@H](O)C(O)[C@H]3O)ccc12. The second kappa shape index (κ2) is 6.50. The molecule has 0 radical (unpaired) electrons. The minimum Gasteiger partial charge on any atom is -0.462 e. The van der Waals surface area contributed by atoms with Crippen LogP contribution in [-0.2, 0) is 4.74 Å². The molecule has 2 aromatic rings. The van der Waals surface area contributed by atoms with Gasteiger partial charge in [-0.25, -0.2) is 4.79 Å². The van der Waals surface area contributed by atoms with Crippen LogP contribution in [0.1, 0.15) is 5.56 Å². The quantitative estimate of drug-likeness (QED) is 0.540. The van der Waals surface area contributed by atoms with Gasteiger partial charge in [0.15, 0.2) is 0 Å². The summed E-state index contributed by atoms with van der Waals surface area (Å²) in [5.41, 5.74) is 0.563. The Morgan fingerprint density at radius 1 is 1.12 bits per heavy atom. The van der Waals surface area contributed by atoms with E-state index in [9.17, 15) is 20.1 Å². The molecule has 1 aliphatic rings. The van der Waals surface area contributed by atoms with Crippen LogP contribution in [0.3, 0.4) is 0 Å². The fourth-order valence-electron chi connectivity index (χ4n) is 2.68. The van der Waals surface area contributed by atoms with Crippen LogP contribution in [0.4, 0.5) is 0 Å². The van der Waals surface area contributed by atoms with E-state index in [0.717, 1.165) is 10.9 Å². The molecule has 3 rings (SSSR count). The van der Waals surface area contributed by atoms with Crippen LogP contribution in [-0.4, -0.2) is 57.7 Å². The molecule has 1 unspecified atom stereocenters. The molecule has 1 fully saturated rings. The summed E-state index contributed by atoms with van der Waals surface area (Å²) in [6.45, 7) is 1.23. The third-order valence-electron chi connectivity index (χ3n) is 4.02. The highest BCUT2D eigenvalue weighted by molar-refractivity contribution is 5.81. The smallest absolute Gasteiger partial charge is 0.336 e. The molecule has 5 atom stereocenters. The average molecular weight is 338 g/mol. The predicted molar refractivity (Wildman–Crippen MR) is 81.6 cm³/mol. The Bertz CT molecular complexity index is 783. The monoisotopic (exact) mass is 338 g/mol. The number of aryl methyl sites for hydroxylation is 1. The molecule has 0 aliphatic carbocycles. The van der Waals surface area contributed by atoms with Crippen molar-refractivity contribution in [3.63, 3.8) is 0 Å². The molecule has 1 aliphatic heterocycles. The van der Waals surface area contributed by atoms with Gasteiger partial charge in [-0.1, -0.05) is 0 Å². The summed E-state index contributed by atoms with van der Waals surface area (Å²) in [6.07, 6.45) is -6.85. The molecule has 8 heteroatoms. The zero-order valence-corrected chi connectivity index (χ0v) is 12.8. The molecule has 0 spiro atoms. The molecule has 8 nitrogen and oxygen atoms in total. The molecule has 0 bridgehead atoms. The van der Waals surface area contributed by atoms with Gasteiger partial charge in [0.2, 0.25) is 6.29 Å². The van der Waals surface area contributed by atoms with Crippen LogP contribution >= 0.6 is 0 Å². The number of fused-ring (bicyclic) bond motifs is 1. The summed E-state index contributed by atoms with van der Waals surface area (Å²) in [5.74, 6) is 0.237. The van der Waals surface area contributed by atoms with E-state index in [2.05, 4.69) is 0 Å². The molecule has 130 valence electrons. The highest BCUT2D eigenvalue weighted by atomic mass is 16.7. The number of rotatable bonds is 3. The van der Waals surface area contributed by atoms with Crippen LogP contribution in [0, 0.1) is 6.92 Å². The van der Waals surface area contributed by atoms with Crippen molar-refractivity contribution in [1.29, 1.82) is 0 Å². The zero-order chi connectivity index (χ0) is 17.4. The third kappa shape index (κ3) is 3.02. The van der Waals surface area contributed by atoms with Crippen molar-refractivity contribution in [3.05, 3.63) is 40.2 Å².